The molecule has 0 saturated carbocycles. The molecule has 2 atom stereocenters. The third kappa shape index (κ3) is 12.8. The highest BCUT2D eigenvalue weighted by atomic mass is 32.2. The number of aliphatic hydroxyl groups is 1. The van der Waals surface area contributed by atoms with Crippen molar-refractivity contribution in [2.45, 2.75) is 39.7 Å². The molecule has 0 saturated heterocycles. The zero-order valence-corrected chi connectivity index (χ0v) is 18.6. The zero-order valence-electron chi connectivity index (χ0n) is 16.9. The molecule has 168 valence electrons. The van der Waals surface area contributed by atoms with Crippen LogP contribution in [0.2, 0.25) is 0 Å². The van der Waals surface area contributed by atoms with Crippen LogP contribution in [0.4, 0.5) is 0 Å². The number of rotatable bonds is 14. The Hall–Kier alpha value is -1.30. The summed E-state index contributed by atoms with van der Waals surface area (Å²) in [5.41, 5.74) is -1.19. The lowest BCUT2D eigenvalue weighted by Crippen LogP contribution is -2.46. The Morgan fingerprint density at radius 3 is 2.34 bits per heavy atom. The fourth-order valence-electron chi connectivity index (χ4n) is 1.83. The molecular weight excluding hydrogens is 427 g/mol. The van der Waals surface area contributed by atoms with Crippen molar-refractivity contribution < 1.29 is 42.8 Å². The van der Waals surface area contributed by atoms with Crippen LogP contribution in [0.25, 0.3) is 0 Å². The van der Waals surface area contributed by atoms with E-state index in [0.29, 0.717) is 5.75 Å². The average molecular weight is 456 g/mol. The zero-order chi connectivity index (χ0) is 22.7. The second-order valence-corrected chi connectivity index (χ2v) is 9.52. The molecule has 0 aliphatic rings. The summed E-state index contributed by atoms with van der Waals surface area (Å²) in [5.74, 6) is -1.01. The van der Waals surface area contributed by atoms with Gasteiger partial charge in [0.1, 0.15) is 11.9 Å². The van der Waals surface area contributed by atoms with Gasteiger partial charge in [-0.2, -0.15) is 0 Å². The number of phosphoric acid groups is 1. The molecule has 0 aliphatic heterocycles. The van der Waals surface area contributed by atoms with Gasteiger partial charge in [-0.3, -0.25) is 28.2 Å². The Balaban J connectivity index is 4.14. The predicted octanol–water partition coefficient (Wildman–Crippen LogP) is -0.00170. The number of phosphoric ester groups is 1. The van der Waals surface area contributed by atoms with Gasteiger partial charge in [-0.05, 0) is 6.92 Å². The maximum atomic E-state index is 12.0. The second kappa shape index (κ2) is 13.1. The van der Waals surface area contributed by atoms with E-state index >= 15 is 0 Å². The summed E-state index contributed by atoms with van der Waals surface area (Å²) < 4.78 is 20.3. The second-order valence-electron chi connectivity index (χ2n) is 6.81. The van der Waals surface area contributed by atoms with Gasteiger partial charge in [0.15, 0.2) is 5.12 Å². The van der Waals surface area contributed by atoms with Crippen molar-refractivity contribution in [3.05, 3.63) is 0 Å². The number of ketones is 1. The molecule has 0 fully saturated rings. The van der Waals surface area contributed by atoms with Gasteiger partial charge in [-0.1, -0.05) is 25.6 Å². The molecule has 0 radical (unpaired) electrons. The highest BCUT2D eigenvalue weighted by molar-refractivity contribution is 8.13. The number of carbonyl (C=O) groups is 4. The molecule has 4 N–H and O–H groups in total. The fraction of sp³-hybridized carbons (Fsp3) is 0.750. The van der Waals surface area contributed by atoms with E-state index in [2.05, 4.69) is 15.2 Å². The predicted molar refractivity (Wildman–Crippen MR) is 106 cm³/mol. The van der Waals surface area contributed by atoms with E-state index in [1.165, 1.54) is 20.8 Å². The standard InChI is InChI=1S/C16H29N2O9PS/c1-11(19)9-13(21)29-8-7-17-12(20)5-6-18-15(23)14(22)16(2,3)10-27-28(24,25)26-4/h14,22H,5-10H2,1-4H3,(H,17,20)(H,18,23)(H,24,25)/t14-/m0/s1. The van der Waals surface area contributed by atoms with E-state index in [9.17, 15) is 33.7 Å². The van der Waals surface area contributed by atoms with Gasteiger partial charge in [-0.25, -0.2) is 4.57 Å². The number of amides is 2. The first-order valence-electron chi connectivity index (χ1n) is 8.71. The molecule has 0 heterocycles. The Bertz CT molecular complexity index is 642. The summed E-state index contributed by atoms with van der Waals surface area (Å²) in [5, 5.41) is 14.8. The lowest BCUT2D eigenvalue weighted by molar-refractivity contribution is -0.137. The van der Waals surface area contributed by atoms with E-state index in [4.69, 9.17) is 4.52 Å². The molecule has 0 spiro atoms. The Morgan fingerprint density at radius 2 is 1.79 bits per heavy atom. The van der Waals surface area contributed by atoms with Crippen molar-refractivity contribution in [1.82, 2.24) is 10.6 Å². The fourth-order valence-corrected chi connectivity index (χ4v) is 3.17. The number of Topliss-reactive ketones (excluding diaryl/α,β-unsaturated/α-hetero) is 1. The van der Waals surface area contributed by atoms with Crippen molar-refractivity contribution >= 4 is 42.3 Å². The number of aliphatic hydroxyl groups excluding tert-OH is 1. The largest absolute Gasteiger partial charge is 0.471 e. The average Bonchev–Trinajstić information content (AvgIpc) is 2.62. The lowest BCUT2D eigenvalue weighted by atomic mass is 9.87. The van der Waals surface area contributed by atoms with Crippen LogP contribution in [0, 0.1) is 5.41 Å². The molecule has 0 aromatic rings. The molecule has 29 heavy (non-hydrogen) atoms. The van der Waals surface area contributed by atoms with Gasteiger partial charge in [0.25, 0.3) is 0 Å². The minimum Gasteiger partial charge on any atom is -0.383 e. The number of hydrogen-bond acceptors (Lipinski definition) is 9. The lowest BCUT2D eigenvalue weighted by Gasteiger charge is -2.29. The molecule has 0 aromatic heterocycles. The summed E-state index contributed by atoms with van der Waals surface area (Å²) in [7, 11) is -3.25. The van der Waals surface area contributed by atoms with Gasteiger partial charge >= 0.3 is 7.82 Å². The van der Waals surface area contributed by atoms with E-state index < -0.39 is 31.9 Å². The van der Waals surface area contributed by atoms with Crippen molar-refractivity contribution in [2.24, 2.45) is 5.41 Å². The molecule has 0 aliphatic carbocycles. The first kappa shape index (κ1) is 27.7. The van der Waals surface area contributed by atoms with Gasteiger partial charge < -0.3 is 20.6 Å². The number of carbonyl (C=O) groups excluding carboxylic acids is 4. The Labute approximate surface area is 173 Å². The highest BCUT2D eigenvalue weighted by Gasteiger charge is 2.36. The van der Waals surface area contributed by atoms with E-state index in [1.807, 2.05) is 0 Å². The summed E-state index contributed by atoms with van der Waals surface area (Å²) >= 11 is 0.954. The summed E-state index contributed by atoms with van der Waals surface area (Å²) in [6.45, 7) is 4.03. The van der Waals surface area contributed by atoms with Crippen molar-refractivity contribution in [3.8, 4) is 0 Å². The number of nitrogens with one attached hydrogen (secondary N) is 2. The van der Waals surface area contributed by atoms with Crippen LogP contribution in [0.15, 0.2) is 0 Å². The molecule has 2 amide bonds. The first-order chi connectivity index (χ1) is 13.3. The van der Waals surface area contributed by atoms with Gasteiger partial charge in [0, 0.05) is 37.8 Å². The smallest absolute Gasteiger partial charge is 0.383 e. The summed E-state index contributed by atoms with van der Waals surface area (Å²) in [6.07, 6.45) is -1.74. The molecule has 13 heteroatoms. The summed E-state index contributed by atoms with van der Waals surface area (Å²) in [6, 6.07) is 0. The van der Waals surface area contributed by atoms with E-state index in [-0.39, 0.29) is 42.7 Å². The Morgan fingerprint density at radius 1 is 1.17 bits per heavy atom. The normalized spacial score (nSPS) is 14.6. The van der Waals surface area contributed by atoms with Gasteiger partial charge in [-0.15, -0.1) is 0 Å². The first-order valence-corrected chi connectivity index (χ1v) is 11.2. The molecule has 1 unspecified atom stereocenters. The maximum Gasteiger partial charge on any atom is 0.471 e. The number of hydrogen-bond donors (Lipinski definition) is 4. The molecule has 11 nitrogen and oxygen atoms in total. The van der Waals surface area contributed by atoms with Crippen LogP contribution in [-0.2, 0) is 32.8 Å². The molecule has 0 aromatic carbocycles. The van der Waals surface area contributed by atoms with Crippen molar-refractivity contribution in [1.29, 1.82) is 0 Å². The quantitative estimate of drug-likeness (QED) is 0.159. The topological polar surface area (TPSA) is 168 Å². The van der Waals surface area contributed by atoms with E-state index in [1.54, 1.807) is 0 Å². The van der Waals surface area contributed by atoms with E-state index in [0.717, 1.165) is 18.9 Å². The van der Waals surface area contributed by atoms with Crippen LogP contribution in [0.1, 0.15) is 33.6 Å². The van der Waals surface area contributed by atoms with Gasteiger partial charge in [0.2, 0.25) is 11.8 Å². The van der Waals surface area contributed by atoms with Crippen LogP contribution >= 0.6 is 19.6 Å². The van der Waals surface area contributed by atoms with Gasteiger partial charge in [0.05, 0.1) is 13.0 Å². The molecular formula is C16H29N2O9PS. The number of thioether (sulfide) groups is 1. The maximum absolute atomic E-state index is 12.0. The van der Waals surface area contributed by atoms with Crippen molar-refractivity contribution in [3.63, 3.8) is 0 Å². The molecule has 0 rings (SSSR count). The van der Waals surface area contributed by atoms with Crippen LogP contribution in [-0.4, -0.2) is 71.4 Å². The third-order valence-corrected chi connectivity index (χ3v) is 5.34. The van der Waals surface area contributed by atoms with Crippen LogP contribution in [0.5, 0.6) is 0 Å². The van der Waals surface area contributed by atoms with Crippen molar-refractivity contribution in [2.75, 3.05) is 32.6 Å². The van der Waals surface area contributed by atoms with Crippen LogP contribution < -0.4 is 10.6 Å². The monoisotopic (exact) mass is 456 g/mol. The SMILES string of the molecule is COP(=O)(O)OCC(C)(C)[C@@H](O)C(=O)NCCC(=O)NCCSC(=O)CC(C)=O. The minimum absolute atomic E-state index is 0.0361. The minimum atomic E-state index is -4.24. The van der Waals surface area contributed by atoms with Crippen LogP contribution in [0.3, 0.4) is 0 Å². The Kier molecular flexibility index (Phi) is 12.5. The summed E-state index contributed by atoms with van der Waals surface area (Å²) in [4.78, 5) is 55.0. The highest BCUT2D eigenvalue weighted by Crippen LogP contribution is 2.43. The molecule has 0 bridgehead atoms. The third-order valence-electron chi connectivity index (χ3n) is 3.55.